The predicted molar refractivity (Wildman–Crippen MR) is 74.9 cm³/mol. The summed E-state index contributed by atoms with van der Waals surface area (Å²) in [4.78, 5) is 11.8. The number of furan rings is 1. The van der Waals surface area contributed by atoms with Gasteiger partial charge in [0.1, 0.15) is 5.76 Å². The zero-order chi connectivity index (χ0) is 14.4. The lowest BCUT2D eigenvalue weighted by molar-refractivity contribution is -0.115. The van der Waals surface area contributed by atoms with E-state index in [0.717, 1.165) is 5.76 Å². The van der Waals surface area contributed by atoms with Crippen molar-refractivity contribution in [2.24, 2.45) is 0 Å². The van der Waals surface area contributed by atoms with Crippen LogP contribution in [-0.4, -0.2) is 12.5 Å². The van der Waals surface area contributed by atoms with E-state index in [1.807, 2.05) is 19.1 Å². The number of rotatable bonds is 5. The van der Waals surface area contributed by atoms with Crippen molar-refractivity contribution in [1.82, 2.24) is 5.32 Å². The van der Waals surface area contributed by atoms with E-state index >= 15 is 0 Å². The van der Waals surface area contributed by atoms with Gasteiger partial charge in [-0.15, -0.1) is 0 Å². The Morgan fingerprint density at radius 2 is 2.25 bits per heavy atom. The van der Waals surface area contributed by atoms with Crippen molar-refractivity contribution in [3.05, 3.63) is 54.0 Å². The fraction of sp³-hybridized carbons (Fsp3) is 0.200. The van der Waals surface area contributed by atoms with Gasteiger partial charge >= 0.3 is 0 Å². The molecule has 1 aromatic heterocycles. The van der Waals surface area contributed by atoms with Gasteiger partial charge in [-0.05, 0) is 37.3 Å². The summed E-state index contributed by atoms with van der Waals surface area (Å²) in [6, 6.07) is 12.4. The van der Waals surface area contributed by atoms with E-state index in [1.54, 1.807) is 36.6 Å². The summed E-state index contributed by atoms with van der Waals surface area (Å²) in [6.07, 6.45) is 1.60. The minimum Gasteiger partial charge on any atom is -0.468 e. The number of carbonyl (C=O) groups is 1. The van der Waals surface area contributed by atoms with Gasteiger partial charge in [0, 0.05) is 5.69 Å². The quantitative estimate of drug-likeness (QED) is 0.873. The highest BCUT2D eigenvalue weighted by Gasteiger charge is 2.10. The summed E-state index contributed by atoms with van der Waals surface area (Å²) in [5.41, 5.74) is 1.13. The molecule has 0 aliphatic carbocycles. The van der Waals surface area contributed by atoms with Gasteiger partial charge in [0.25, 0.3) is 0 Å². The van der Waals surface area contributed by atoms with E-state index in [1.165, 1.54) is 0 Å². The molecule has 2 aromatic rings. The molecular formula is C15H15N3O2. The molecule has 1 aromatic carbocycles. The number of nitrogens with one attached hydrogen (secondary N) is 2. The first kappa shape index (κ1) is 13.8. The van der Waals surface area contributed by atoms with Crippen LogP contribution >= 0.6 is 0 Å². The predicted octanol–water partition coefficient (Wildman–Crippen LogP) is 2.44. The average molecular weight is 269 g/mol. The van der Waals surface area contributed by atoms with E-state index in [2.05, 4.69) is 10.6 Å². The fourth-order valence-corrected chi connectivity index (χ4v) is 1.76. The minimum absolute atomic E-state index is 0.0406. The molecule has 5 nitrogen and oxygen atoms in total. The Morgan fingerprint density at radius 1 is 1.40 bits per heavy atom. The average Bonchev–Trinajstić information content (AvgIpc) is 2.99. The van der Waals surface area contributed by atoms with Crippen LogP contribution < -0.4 is 10.6 Å². The molecule has 2 rings (SSSR count). The zero-order valence-electron chi connectivity index (χ0n) is 11.1. The summed E-state index contributed by atoms with van der Waals surface area (Å²) in [6.45, 7) is 2.08. The Morgan fingerprint density at radius 3 is 2.95 bits per heavy atom. The molecule has 20 heavy (non-hydrogen) atoms. The van der Waals surface area contributed by atoms with Crippen LogP contribution in [0.5, 0.6) is 0 Å². The first-order chi connectivity index (χ1) is 9.69. The first-order valence-electron chi connectivity index (χ1n) is 6.26. The van der Waals surface area contributed by atoms with Crippen LogP contribution in [0.25, 0.3) is 0 Å². The minimum atomic E-state index is -0.168. The lowest BCUT2D eigenvalue weighted by Gasteiger charge is -2.11. The summed E-state index contributed by atoms with van der Waals surface area (Å²) < 4.78 is 5.25. The van der Waals surface area contributed by atoms with Gasteiger partial charge in [-0.3, -0.25) is 10.1 Å². The molecule has 0 saturated heterocycles. The highest BCUT2D eigenvalue weighted by Crippen LogP contribution is 2.12. The van der Waals surface area contributed by atoms with Gasteiger partial charge < -0.3 is 9.73 Å². The molecule has 1 heterocycles. The second kappa shape index (κ2) is 6.55. The fourth-order valence-electron chi connectivity index (χ4n) is 1.76. The highest BCUT2D eigenvalue weighted by molar-refractivity contribution is 5.92. The normalized spacial score (nSPS) is 11.6. The SMILES string of the molecule is C[C@@H](NCC(=O)Nc1cccc(C#N)c1)c1ccco1. The summed E-state index contributed by atoms with van der Waals surface area (Å²) in [5, 5.41) is 14.6. The number of carbonyl (C=O) groups excluding carboxylic acids is 1. The largest absolute Gasteiger partial charge is 0.468 e. The second-order valence-corrected chi connectivity index (χ2v) is 4.36. The van der Waals surface area contributed by atoms with E-state index < -0.39 is 0 Å². The zero-order valence-corrected chi connectivity index (χ0v) is 11.1. The lowest BCUT2D eigenvalue weighted by Crippen LogP contribution is -2.29. The number of hydrogen-bond donors (Lipinski definition) is 2. The molecule has 5 heteroatoms. The summed E-state index contributed by atoms with van der Waals surface area (Å²) in [7, 11) is 0. The first-order valence-corrected chi connectivity index (χ1v) is 6.26. The molecule has 0 radical (unpaired) electrons. The molecule has 102 valence electrons. The number of benzene rings is 1. The second-order valence-electron chi connectivity index (χ2n) is 4.36. The smallest absolute Gasteiger partial charge is 0.238 e. The molecule has 1 atom stereocenters. The van der Waals surface area contributed by atoms with Crippen LogP contribution in [0.15, 0.2) is 47.1 Å². The molecule has 0 saturated carbocycles. The number of hydrogen-bond acceptors (Lipinski definition) is 4. The third-order valence-electron chi connectivity index (χ3n) is 2.81. The van der Waals surface area contributed by atoms with E-state index in [-0.39, 0.29) is 18.5 Å². The molecule has 0 aliphatic rings. The van der Waals surface area contributed by atoms with Crippen LogP contribution in [0.3, 0.4) is 0 Å². The third kappa shape index (κ3) is 3.70. The molecule has 2 N–H and O–H groups in total. The number of anilines is 1. The lowest BCUT2D eigenvalue weighted by atomic mass is 10.2. The van der Waals surface area contributed by atoms with Crippen molar-refractivity contribution < 1.29 is 9.21 Å². The van der Waals surface area contributed by atoms with Gasteiger partial charge in [-0.2, -0.15) is 5.26 Å². The molecule has 0 spiro atoms. The summed E-state index contributed by atoms with van der Waals surface area (Å²) >= 11 is 0. The van der Waals surface area contributed by atoms with Crippen molar-refractivity contribution in [3.63, 3.8) is 0 Å². The number of nitrogens with zero attached hydrogens (tertiary/aromatic N) is 1. The van der Waals surface area contributed by atoms with E-state index in [9.17, 15) is 4.79 Å². The van der Waals surface area contributed by atoms with Crippen molar-refractivity contribution in [3.8, 4) is 6.07 Å². The summed E-state index contributed by atoms with van der Waals surface area (Å²) in [5.74, 6) is 0.614. The molecule has 0 unspecified atom stereocenters. The van der Waals surface area contributed by atoms with Gasteiger partial charge in [-0.25, -0.2) is 0 Å². The van der Waals surface area contributed by atoms with Crippen molar-refractivity contribution in [2.75, 3.05) is 11.9 Å². The maximum atomic E-state index is 11.8. The number of nitriles is 1. The topological polar surface area (TPSA) is 78.1 Å². The maximum Gasteiger partial charge on any atom is 0.238 e. The van der Waals surface area contributed by atoms with Crippen LogP contribution in [0.1, 0.15) is 24.3 Å². The van der Waals surface area contributed by atoms with Gasteiger partial charge in [0.15, 0.2) is 0 Å². The van der Waals surface area contributed by atoms with Crippen LogP contribution in [0.2, 0.25) is 0 Å². The van der Waals surface area contributed by atoms with Gasteiger partial charge in [-0.1, -0.05) is 6.07 Å². The Kier molecular flexibility index (Phi) is 4.53. The molecule has 0 fully saturated rings. The highest BCUT2D eigenvalue weighted by atomic mass is 16.3. The standard InChI is InChI=1S/C15H15N3O2/c1-11(14-6-3-7-20-14)17-10-15(19)18-13-5-2-4-12(8-13)9-16/h2-8,11,17H,10H2,1H3,(H,18,19)/t11-/m1/s1. The van der Waals surface area contributed by atoms with Crippen molar-refractivity contribution in [2.45, 2.75) is 13.0 Å². The van der Waals surface area contributed by atoms with Crippen LogP contribution in [0, 0.1) is 11.3 Å². The van der Waals surface area contributed by atoms with Crippen molar-refractivity contribution >= 4 is 11.6 Å². The Hall–Kier alpha value is -2.58. The van der Waals surface area contributed by atoms with Crippen molar-refractivity contribution in [1.29, 1.82) is 5.26 Å². The maximum absolute atomic E-state index is 11.8. The molecule has 0 aliphatic heterocycles. The third-order valence-corrected chi connectivity index (χ3v) is 2.81. The van der Waals surface area contributed by atoms with Gasteiger partial charge in [0.05, 0.1) is 30.5 Å². The Balaban J connectivity index is 1.85. The molecular weight excluding hydrogens is 254 g/mol. The Bertz CT molecular complexity index is 614. The number of amides is 1. The molecule has 1 amide bonds. The molecule has 0 bridgehead atoms. The van der Waals surface area contributed by atoms with E-state index in [4.69, 9.17) is 9.68 Å². The van der Waals surface area contributed by atoms with Gasteiger partial charge in [0.2, 0.25) is 5.91 Å². The Labute approximate surface area is 117 Å². The monoisotopic (exact) mass is 269 g/mol. The van der Waals surface area contributed by atoms with E-state index in [0.29, 0.717) is 11.3 Å². The van der Waals surface area contributed by atoms with Crippen LogP contribution in [0.4, 0.5) is 5.69 Å². The van der Waals surface area contributed by atoms with Crippen LogP contribution in [-0.2, 0) is 4.79 Å².